The molecule has 1 aromatic heterocycles. The van der Waals surface area contributed by atoms with Crippen LogP contribution in [0.15, 0.2) is 30.6 Å². The molecule has 0 atom stereocenters. The van der Waals surface area contributed by atoms with E-state index in [1.807, 2.05) is 0 Å². The number of hydrogen-bond acceptors (Lipinski definition) is 3. The summed E-state index contributed by atoms with van der Waals surface area (Å²) in [5, 5.41) is 1.19. The molecule has 0 bridgehead atoms. The third-order valence-electron chi connectivity index (χ3n) is 1.88. The summed E-state index contributed by atoms with van der Waals surface area (Å²) < 4.78 is 0. The fourth-order valence-corrected chi connectivity index (χ4v) is 1.56. The SMILES string of the molecule is Nc1cnc(-c2cc(Cl)ccc2Cl)cn1. The van der Waals surface area contributed by atoms with Crippen molar-refractivity contribution in [2.45, 2.75) is 0 Å². The third kappa shape index (κ3) is 2.19. The largest absolute Gasteiger partial charge is 0.382 e. The summed E-state index contributed by atoms with van der Waals surface area (Å²) in [7, 11) is 0. The zero-order chi connectivity index (χ0) is 10.8. The second-order valence-corrected chi connectivity index (χ2v) is 3.79. The van der Waals surface area contributed by atoms with Crippen molar-refractivity contribution in [3.05, 3.63) is 40.6 Å². The fraction of sp³-hybridized carbons (Fsp3) is 0. The van der Waals surface area contributed by atoms with Crippen LogP contribution in [0.1, 0.15) is 0 Å². The number of nitrogens with zero attached hydrogens (tertiary/aromatic N) is 2. The minimum Gasteiger partial charge on any atom is -0.382 e. The maximum absolute atomic E-state index is 6.01. The molecule has 2 N–H and O–H groups in total. The molecule has 0 aliphatic heterocycles. The molecule has 76 valence electrons. The van der Waals surface area contributed by atoms with Gasteiger partial charge in [0, 0.05) is 10.6 Å². The average molecular weight is 240 g/mol. The average Bonchev–Trinajstić information content (AvgIpc) is 2.23. The summed E-state index contributed by atoms with van der Waals surface area (Å²) in [6, 6.07) is 5.18. The Balaban J connectivity index is 2.53. The molecule has 2 rings (SSSR count). The van der Waals surface area contributed by atoms with E-state index in [-0.39, 0.29) is 0 Å². The van der Waals surface area contributed by atoms with Crippen molar-refractivity contribution in [1.82, 2.24) is 9.97 Å². The van der Waals surface area contributed by atoms with E-state index in [2.05, 4.69) is 9.97 Å². The smallest absolute Gasteiger partial charge is 0.141 e. The number of benzene rings is 1. The van der Waals surface area contributed by atoms with Crippen molar-refractivity contribution in [3.63, 3.8) is 0 Å². The Kier molecular flexibility index (Phi) is 2.75. The van der Waals surface area contributed by atoms with Crippen LogP contribution in [0.25, 0.3) is 11.3 Å². The highest BCUT2D eigenvalue weighted by atomic mass is 35.5. The normalized spacial score (nSPS) is 10.3. The Labute approximate surface area is 96.9 Å². The van der Waals surface area contributed by atoms with E-state index >= 15 is 0 Å². The number of aromatic nitrogens is 2. The molecule has 3 nitrogen and oxygen atoms in total. The van der Waals surface area contributed by atoms with E-state index in [4.69, 9.17) is 28.9 Å². The molecule has 0 saturated heterocycles. The second kappa shape index (κ2) is 4.04. The highest BCUT2D eigenvalue weighted by molar-refractivity contribution is 6.35. The molecule has 0 saturated carbocycles. The summed E-state index contributed by atoms with van der Waals surface area (Å²) in [6.07, 6.45) is 3.04. The maximum Gasteiger partial charge on any atom is 0.141 e. The minimum absolute atomic E-state index is 0.372. The molecule has 0 fully saturated rings. The molecule has 0 amide bonds. The first-order chi connectivity index (χ1) is 7.16. The second-order valence-electron chi connectivity index (χ2n) is 2.95. The Morgan fingerprint density at radius 3 is 2.53 bits per heavy atom. The van der Waals surface area contributed by atoms with Crippen molar-refractivity contribution >= 4 is 29.0 Å². The lowest BCUT2D eigenvalue weighted by molar-refractivity contribution is 1.22. The first-order valence-electron chi connectivity index (χ1n) is 4.20. The zero-order valence-electron chi connectivity index (χ0n) is 7.61. The van der Waals surface area contributed by atoms with Gasteiger partial charge in [0.25, 0.3) is 0 Å². The van der Waals surface area contributed by atoms with E-state index in [0.29, 0.717) is 21.6 Å². The van der Waals surface area contributed by atoms with E-state index < -0.39 is 0 Å². The van der Waals surface area contributed by atoms with Gasteiger partial charge in [-0.05, 0) is 18.2 Å². The first-order valence-corrected chi connectivity index (χ1v) is 4.95. The molecule has 2 aromatic rings. The molecular formula is C10H7Cl2N3. The number of nitrogens with two attached hydrogens (primary N) is 1. The van der Waals surface area contributed by atoms with Gasteiger partial charge in [0.05, 0.1) is 23.1 Å². The number of halogens is 2. The number of rotatable bonds is 1. The monoisotopic (exact) mass is 239 g/mol. The molecule has 0 radical (unpaired) electrons. The van der Waals surface area contributed by atoms with Crippen LogP contribution in [0.5, 0.6) is 0 Å². The predicted molar refractivity (Wildman–Crippen MR) is 61.9 cm³/mol. The molecule has 15 heavy (non-hydrogen) atoms. The van der Waals surface area contributed by atoms with Crippen molar-refractivity contribution in [2.75, 3.05) is 5.73 Å². The summed E-state index contributed by atoms with van der Waals surface area (Å²) >= 11 is 11.9. The fourth-order valence-electron chi connectivity index (χ4n) is 1.17. The van der Waals surface area contributed by atoms with Crippen LogP contribution in [0.3, 0.4) is 0 Å². The van der Waals surface area contributed by atoms with Gasteiger partial charge in [0.2, 0.25) is 0 Å². The third-order valence-corrected chi connectivity index (χ3v) is 2.44. The van der Waals surface area contributed by atoms with E-state index in [1.54, 1.807) is 24.4 Å². The van der Waals surface area contributed by atoms with Crippen molar-refractivity contribution in [2.24, 2.45) is 0 Å². The van der Waals surface area contributed by atoms with Gasteiger partial charge in [-0.1, -0.05) is 23.2 Å². The Morgan fingerprint density at radius 1 is 1.07 bits per heavy atom. The van der Waals surface area contributed by atoms with Gasteiger partial charge in [-0.3, -0.25) is 4.98 Å². The van der Waals surface area contributed by atoms with Crippen LogP contribution in [0.2, 0.25) is 10.0 Å². The molecule has 1 heterocycles. The molecule has 0 aliphatic rings. The number of anilines is 1. The quantitative estimate of drug-likeness (QED) is 0.833. The summed E-state index contributed by atoms with van der Waals surface area (Å²) in [5.74, 6) is 0.372. The maximum atomic E-state index is 6.01. The minimum atomic E-state index is 0.372. The molecular weight excluding hydrogens is 233 g/mol. The number of hydrogen-bond donors (Lipinski definition) is 1. The molecule has 0 aliphatic carbocycles. The standard InChI is InChI=1S/C10H7Cl2N3/c11-6-1-2-8(12)7(3-6)9-4-15-10(13)5-14-9/h1-5H,(H2,13,15). The van der Waals surface area contributed by atoms with Crippen molar-refractivity contribution in [3.8, 4) is 11.3 Å². The molecule has 0 unspecified atom stereocenters. The van der Waals surface area contributed by atoms with E-state index in [0.717, 1.165) is 5.56 Å². The number of nitrogen functional groups attached to an aromatic ring is 1. The van der Waals surface area contributed by atoms with Gasteiger partial charge in [-0.2, -0.15) is 0 Å². The van der Waals surface area contributed by atoms with Gasteiger partial charge in [0.1, 0.15) is 5.82 Å². The van der Waals surface area contributed by atoms with Crippen LogP contribution < -0.4 is 5.73 Å². The highest BCUT2D eigenvalue weighted by Crippen LogP contribution is 2.28. The lowest BCUT2D eigenvalue weighted by Gasteiger charge is -2.03. The Hall–Kier alpha value is -1.32. The lowest BCUT2D eigenvalue weighted by atomic mass is 10.1. The summed E-state index contributed by atoms with van der Waals surface area (Å²) in [5.41, 5.74) is 6.84. The summed E-state index contributed by atoms with van der Waals surface area (Å²) in [6.45, 7) is 0. The van der Waals surface area contributed by atoms with Gasteiger partial charge in [0.15, 0.2) is 0 Å². The topological polar surface area (TPSA) is 51.8 Å². The van der Waals surface area contributed by atoms with E-state index in [9.17, 15) is 0 Å². The van der Waals surface area contributed by atoms with Crippen molar-refractivity contribution in [1.29, 1.82) is 0 Å². The lowest BCUT2D eigenvalue weighted by Crippen LogP contribution is -1.92. The van der Waals surface area contributed by atoms with Crippen LogP contribution in [-0.4, -0.2) is 9.97 Å². The first kappa shape index (κ1) is 10.2. The van der Waals surface area contributed by atoms with Gasteiger partial charge in [-0.25, -0.2) is 4.98 Å². The molecule has 5 heteroatoms. The highest BCUT2D eigenvalue weighted by Gasteiger charge is 2.05. The van der Waals surface area contributed by atoms with Crippen LogP contribution in [0.4, 0.5) is 5.82 Å². The van der Waals surface area contributed by atoms with Gasteiger partial charge in [-0.15, -0.1) is 0 Å². The molecule has 1 aromatic carbocycles. The predicted octanol–water partition coefficient (Wildman–Crippen LogP) is 3.03. The van der Waals surface area contributed by atoms with Crippen LogP contribution in [0, 0.1) is 0 Å². The molecule has 0 spiro atoms. The van der Waals surface area contributed by atoms with Crippen LogP contribution >= 0.6 is 23.2 Å². The zero-order valence-corrected chi connectivity index (χ0v) is 9.13. The Morgan fingerprint density at radius 2 is 1.87 bits per heavy atom. The van der Waals surface area contributed by atoms with Gasteiger partial charge < -0.3 is 5.73 Å². The van der Waals surface area contributed by atoms with Gasteiger partial charge >= 0.3 is 0 Å². The summed E-state index contributed by atoms with van der Waals surface area (Å²) in [4.78, 5) is 8.06. The van der Waals surface area contributed by atoms with Crippen molar-refractivity contribution < 1.29 is 0 Å². The van der Waals surface area contributed by atoms with Crippen LogP contribution in [-0.2, 0) is 0 Å². The van der Waals surface area contributed by atoms with E-state index in [1.165, 1.54) is 6.20 Å². The Bertz CT molecular complexity index is 483.